The molecule has 7 fully saturated rings. The molecule has 4 aliphatic carbocycles. The van der Waals surface area contributed by atoms with E-state index in [9.17, 15) is 4.79 Å². The van der Waals surface area contributed by atoms with Crippen LogP contribution in [-0.4, -0.2) is 42.3 Å². The number of hydrogen-bond donors (Lipinski definition) is 0. The summed E-state index contributed by atoms with van der Waals surface area (Å²) in [6.07, 6.45) is 8.73. The van der Waals surface area contributed by atoms with Gasteiger partial charge in [-0.05, 0) is 86.4 Å². The summed E-state index contributed by atoms with van der Waals surface area (Å²) < 4.78 is 26.9. The van der Waals surface area contributed by atoms with Crippen LogP contribution in [0, 0.1) is 52.3 Å². The van der Waals surface area contributed by atoms with Gasteiger partial charge in [0.15, 0.2) is 11.6 Å². The molecule has 0 aromatic rings. The SMILES string of the molecule is C[C@@H]1CC[C@@]2(OC1)O[C@H]1C[C@H]3[C@@H]4[C@H]5OC(C)(C)O[C@@H]5[C@H]5CC(=O)CC[C@]5(C)[C@H]4CC[C@]3(C)[C@H]1[C@@H]2C. The van der Waals surface area contributed by atoms with Crippen molar-refractivity contribution in [2.45, 2.75) is 123 Å². The summed E-state index contributed by atoms with van der Waals surface area (Å²) in [5.74, 6) is 3.06. The smallest absolute Gasteiger partial charge is 0.171 e. The predicted octanol–water partition coefficient (Wildman–Crippen LogP) is 5.74. The molecule has 7 aliphatic rings. The minimum absolute atomic E-state index is 0.0381. The van der Waals surface area contributed by atoms with E-state index in [1.807, 2.05) is 0 Å². The molecule has 3 heterocycles. The van der Waals surface area contributed by atoms with Gasteiger partial charge in [0.1, 0.15) is 5.78 Å². The van der Waals surface area contributed by atoms with Gasteiger partial charge in [-0.3, -0.25) is 4.79 Å². The second-order valence-electron chi connectivity index (χ2n) is 14.7. The minimum atomic E-state index is -0.575. The lowest BCUT2D eigenvalue weighted by atomic mass is 9.43. The van der Waals surface area contributed by atoms with Crippen LogP contribution in [0.2, 0.25) is 0 Å². The number of carbonyl (C=O) groups is 1. The summed E-state index contributed by atoms with van der Waals surface area (Å²) in [5, 5.41) is 0. The highest BCUT2D eigenvalue weighted by Gasteiger charge is 2.73. The van der Waals surface area contributed by atoms with Gasteiger partial charge in [0.05, 0.1) is 24.9 Å². The van der Waals surface area contributed by atoms with E-state index >= 15 is 0 Å². The van der Waals surface area contributed by atoms with Crippen molar-refractivity contribution >= 4 is 5.78 Å². The molecule has 35 heavy (non-hydrogen) atoms. The van der Waals surface area contributed by atoms with Crippen LogP contribution in [0.15, 0.2) is 0 Å². The fourth-order valence-corrected chi connectivity index (χ4v) is 11.0. The Morgan fingerprint density at radius 3 is 2.34 bits per heavy atom. The number of carbonyl (C=O) groups excluding carboxylic acids is 1. The number of Topliss-reactive ketones (excluding diaryl/α,β-unsaturated/α-hetero) is 1. The molecule has 4 saturated carbocycles. The van der Waals surface area contributed by atoms with Crippen LogP contribution in [0.25, 0.3) is 0 Å². The summed E-state index contributed by atoms with van der Waals surface area (Å²) in [4.78, 5) is 12.6. The number of ketones is 1. The van der Waals surface area contributed by atoms with Crippen LogP contribution in [0.1, 0.15) is 92.9 Å². The van der Waals surface area contributed by atoms with Crippen molar-refractivity contribution < 1.29 is 23.7 Å². The third kappa shape index (κ3) is 3.05. The van der Waals surface area contributed by atoms with Crippen molar-refractivity contribution in [3.05, 3.63) is 0 Å². The normalized spacial score (nSPS) is 60.6. The monoisotopic (exact) mass is 486 g/mol. The predicted molar refractivity (Wildman–Crippen MR) is 131 cm³/mol. The van der Waals surface area contributed by atoms with Gasteiger partial charge in [0.2, 0.25) is 0 Å². The molecule has 0 N–H and O–H groups in total. The molecule has 196 valence electrons. The third-order valence-corrected chi connectivity index (χ3v) is 12.6. The maximum atomic E-state index is 12.6. The Bertz CT molecular complexity index is 906. The van der Waals surface area contributed by atoms with E-state index < -0.39 is 5.79 Å². The van der Waals surface area contributed by atoms with Gasteiger partial charge in [0, 0.05) is 31.1 Å². The Kier molecular flexibility index (Phi) is 4.95. The molecule has 0 bridgehead atoms. The van der Waals surface area contributed by atoms with Crippen molar-refractivity contribution in [3.8, 4) is 0 Å². The molecule has 0 amide bonds. The zero-order valence-electron chi connectivity index (χ0n) is 22.7. The number of ether oxygens (including phenoxy) is 4. The molecule has 0 aromatic carbocycles. The Morgan fingerprint density at radius 2 is 1.60 bits per heavy atom. The Hall–Kier alpha value is -0.490. The number of rotatable bonds is 0. The van der Waals surface area contributed by atoms with Gasteiger partial charge in [-0.1, -0.05) is 27.7 Å². The Labute approximate surface area is 211 Å². The molecule has 3 saturated heterocycles. The van der Waals surface area contributed by atoms with E-state index in [4.69, 9.17) is 18.9 Å². The molecule has 0 aromatic heterocycles. The van der Waals surface area contributed by atoms with Crippen molar-refractivity contribution in [2.24, 2.45) is 52.3 Å². The molecule has 13 atom stereocenters. The van der Waals surface area contributed by atoms with Crippen LogP contribution < -0.4 is 0 Å². The van der Waals surface area contributed by atoms with E-state index in [0.29, 0.717) is 53.8 Å². The lowest BCUT2D eigenvalue weighted by Gasteiger charge is -2.63. The van der Waals surface area contributed by atoms with Crippen molar-refractivity contribution in [1.82, 2.24) is 0 Å². The summed E-state index contributed by atoms with van der Waals surface area (Å²) in [6, 6.07) is 0. The van der Waals surface area contributed by atoms with Crippen molar-refractivity contribution in [2.75, 3.05) is 6.61 Å². The Morgan fingerprint density at radius 1 is 0.829 bits per heavy atom. The van der Waals surface area contributed by atoms with E-state index in [1.165, 1.54) is 19.3 Å². The minimum Gasteiger partial charge on any atom is -0.349 e. The molecule has 0 radical (unpaired) electrons. The van der Waals surface area contributed by atoms with Crippen molar-refractivity contribution in [1.29, 1.82) is 0 Å². The average Bonchev–Trinajstić information content (AvgIpc) is 3.37. The fraction of sp³-hybridized carbons (Fsp3) is 0.967. The van der Waals surface area contributed by atoms with Gasteiger partial charge >= 0.3 is 0 Å². The lowest BCUT2D eigenvalue weighted by molar-refractivity contribution is -0.274. The van der Waals surface area contributed by atoms with Crippen LogP contribution in [0.4, 0.5) is 0 Å². The molecule has 5 heteroatoms. The second kappa shape index (κ2) is 7.33. The van der Waals surface area contributed by atoms with Crippen molar-refractivity contribution in [3.63, 3.8) is 0 Å². The number of hydrogen-bond acceptors (Lipinski definition) is 5. The quantitative estimate of drug-likeness (QED) is 0.437. The third-order valence-electron chi connectivity index (χ3n) is 12.6. The first-order valence-electron chi connectivity index (χ1n) is 14.7. The first-order chi connectivity index (χ1) is 16.5. The maximum absolute atomic E-state index is 12.6. The molecule has 0 unspecified atom stereocenters. The molecular formula is C30H46O5. The molecular weight excluding hydrogens is 440 g/mol. The van der Waals surface area contributed by atoms with Gasteiger partial charge in [-0.25, -0.2) is 0 Å². The summed E-state index contributed by atoms with van der Waals surface area (Å²) in [5.41, 5.74) is 0.411. The van der Waals surface area contributed by atoms with Gasteiger partial charge in [-0.15, -0.1) is 0 Å². The standard InChI is InChI=1S/C30H46O5/c1-16-7-12-30(32-15-16)17(2)24-22(33-30)14-20-23-19(9-11-29(20,24)6)28(5)10-8-18(31)13-21(28)25-26(23)35-27(3,4)34-25/h16-17,19-26H,7-15H2,1-6H3/t16-,17+,19+,20+,21-,22+,23-,24+,25-,26-,28-,29+,30-/m1/s1. The van der Waals surface area contributed by atoms with E-state index in [1.54, 1.807) is 0 Å². The first-order valence-corrected chi connectivity index (χ1v) is 14.7. The number of fused-ring (bicyclic) bond motifs is 10. The summed E-state index contributed by atoms with van der Waals surface area (Å²) in [7, 11) is 0. The molecule has 7 rings (SSSR count). The average molecular weight is 487 g/mol. The van der Waals surface area contributed by atoms with Gasteiger partial charge in [-0.2, -0.15) is 0 Å². The van der Waals surface area contributed by atoms with Gasteiger partial charge in [0.25, 0.3) is 0 Å². The lowest BCUT2D eigenvalue weighted by Crippen LogP contribution is -2.63. The topological polar surface area (TPSA) is 54.0 Å². The van der Waals surface area contributed by atoms with E-state index in [2.05, 4.69) is 41.5 Å². The summed E-state index contributed by atoms with van der Waals surface area (Å²) >= 11 is 0. The highest BCUT2D eigenvalue weighted by atomic mass is 16.8. The summed E-state index contributed by atoms with van der Waals surface area (Å²) in [6.45, 7) is 14.8. The Balaban J connectivity index is 1.24. The molecule has 1 spiro atoms. The van der Waals surface area contributed by atoms with Gasteiger partial charge < -0.3 is 18.9 Å². The largest absolute Gasteiger partial charge is 0.349 e. The maximum Gasteiger partial charge on any atom is 0.171 e. The zero-order valence-corrected chi connectivity index (χ0v) is 22.7. The van der Waals surface area contributed by atoms with E-state index in [-0.39, 0.29) is 34.7 Å². The fourth-order valence-electron chi connectivity index (χ4n) is 11.0. The molecule has 3 aliphatic heterocycles. The second-order valence-corrected chi connectivity index (χ2v) is 14.7. The van der Waals surface area contributed by atoms with Crippen LogP contribution in [0.3, 0.4) is 0 Å². The highest BCUT2D eigenvalue weighted by Crippen LogP contribution is 2.72. The van der Waals surface area contributed by atoms with Crippen LogP contribution >= 0.6 is 0 Å². The zero-order chi connectivity index (χ0) is 24.5. The first kappa shape index (κ1) is 23.6. The van der Waals surface area contributed by atoms with Crippen LogP contribution in [-0.2, 0) is 23.7 Å². The van der Waals surface area contributed by atoms with Crippen LogP contribution in [0.5, 0.6) is 0 Å². The van der Waals surface area contributed by atoms with E-state index in [0.717, 1.165) is 32.3 Å². The molecule has 5 nitrogen and oxygen atoms in total. The highest BCUT2D eigenvalue weighted by molar-refractivity contribution is 5.79.